The predicted molar refractivity (Wildman–Crippen MR) is 222 cm³/mol. The summed E-state index contributed by atoms with van der Waals surface area (Å²) >= 11 is 0. The minimum Gasteiger partial charge on any atom is -0.380 e. The number of hydrogen-bond acceptors (Lipinski definition) is 1. The average molecular weight is 771 g/mol. The van der Waals surface area contributed by atoms with Crippen molar-refractivity contribution in [2.75, 3.05) is 13.2 Å². The molecule has 0 amide bonds. The number of hydrogen-bond donors (Lipinski definition) is 0. The van der Waals surface area contributed by atoms with Crippen molar-refractivity contribution in [3.8, 4) is 0 Å². The maximum Gasteiger partial charge on any atom is 0.185 e. The van der Waals surface area contributed by atoms with Crippen LogP contribution in [0.3, 0.4) is 0 Å². The molecular formula is C50H78F4O. The van der Waals surface area contributed by atoms with Crippen LogP contribution in [-0.4, -0.2) is 24.6 Å². The Balaban J connectivity index is 1.03. The highest BCUT2D eigenvalue weighted by Gasteiger charge is 2.60. The summed E-state index contributed by atoms with van der Waals surface area (Å²) in [5.41, 5.74) is -5.46. The van der Waals surface area contributed by atoms with Crippen LogP contribution in [0.5, 0.6) is 0 Å². The van der Waals surface area contributed by atoms with E-state index in [0.717, 1.165) is 127 Å². The Morgan fingerprint density at radius 3 is 1.25 bits per heavy atom. The fourth-order valence-corrected chi connectivity index (χ4v) is 13.0. The van der Waals surface area contributed by atoms with Crippen LogP contribution in [0.4, 0.5) is 17.6 Å². The summed E-state index contributed by atoms with van der Waals surface area (Å²) in [5.74, 6) is -0.129. The lowest BCUT2D eigenvalue weighted by Gasteiger charge is -2.53. The zero-order valence-electron chi connectivity index (χ0n) is 35.1. The minimum atomic E-state index is -2.06. The zero-order chi connectivity index (χ0) is 38.8. The average Bonchev–Trinajstić information content (AvgIpc) is 3.22. The summed E-state index contributed by atoms with van der Waals surface area (Å²) < 4.78 is 73.2. The minimum absolute atomic E-state index is 0.197. The summed E-state index contributed by atoms with van der Waals surface area (Å²) in [5, 5.41) is 0. The quantitative estimate of drug-likeness (QED) is 0.0766. The van der Waals surface area contributed by atoms with Gasteiger partial charge in [0.05, 0.1) is 13.2 Å². The molecule has 0 spiro atoms. The van der Waals surface area contributed by atoms with E-state index in [2.05, 4.69) is 13.8 Å². The van der Waals surface area contributed by atoms with E-state index in [1.54, 1.807) is 12.2 Å². The van der Waals surface area contributed by atoms with Crippen molar-refractivity contribution in [3.05, 3.63) is 48.1 Å². The summed E-state index contributed by atoms with van der Waals surface area (Å²) in [7, 11) is 0. The molecule has 0 unspecified atom stereocenters. The van der Waals surface area contributed by atoms with Gasteiger partial charge in [-0.05, 0) is 99.3 Å². The van der Waals surface area contributed by atoms with Gasteiger partial charge in [0.2, 0.25) is 0 Å². The molecule has 0 aromatic heterocycles. The van der Waals surface area contributed by atoms with Gasteiger partial charge in [-0.15, -0.1) is 0 Å². The number of unbranched alkanes of at least 4 members (excludes halogenated alkanes) is 6. The zero-order valence-corrected chi connectivity index (χ0v) is 35.1. The Labute approximate surface area is 334 Å². The molecule has 55 heavy (non-hydrogen) atoms. The molecule has 0 heterocycles. The van der Waals surface area contributed by atoms with Crippen LogP contribution < -0.4 is 0 Å². The molecule has 5 heteroatoms. The summed E-state index contributed by atoms with van der Waals surface area (Å²) in [6.07, 6.45) is 40.3. The van der Waals surface area contributed by atoms with Crippen molar-refractivity contribution in [2.24, 2.45) is 46.3 Å². The van der Waals surface area contributed by atoms with Crippen LogP contribution in [-0.2, 0) is 4.74 Å². The first-order valence-electron chi connectivity index (χ1n) is 23.8. The van der Waals surface area contributed by atoms with Gasteiger partial charge >= 0.3 is 0 Å². The third kappa shape index (κ3) is 9.59. The van der Waals surface area contributed by atoms with Gasteiger partial charge in [-0.3, -0.25) is 0 Å². The monoisotopic (exact) mass is 771 g/mol. The van der Waals surface area contributed by atoms with Crippen molar-refractivity contribution >= 4 is 0 Å². The molecule has 0 N–H and O–H groups in total. The normalized spacial score (nSPS) is 36.3. The Kier molecular flexibility index (Phi) is 15.8. The van der Waals surface area contributed by atoms with Crippen LogP contribution in [0.25, 0.3) is 0 Å². The van der Waals surface area contributed by atoms with E-state index in [0.29, 0.717) is 0 Å². The van der Waals surface area contributed by atoms with Gasteiger partial charge < -0.3 is 4.74 Å². The lowest BCUT2D eigenvalue weighted by Crippen LogP contribution is -2.52. The second-order valence-corrected chi connectivity index (χ2v) is 19.6. The fourth-order valence-electron chi connectivity index (χ4n) is 13.0. The molecule has 4 saturated carbocycles. The topological polar surface area (TPSA) is 9.23 Å². The number of allylic oxidation sites excluding steroid dienone is 4. The lowest BCUT2D eigenvalue weighted by molar-refractivity contribution is -0.0591. The first kappa shape index (κ1) is 43.2. The molecular weight excluding hydrogens is 693 g/mol. The molecule has 0 bridgehead atoms. The van der Waals surface area contributed by atoms with E-state index in [-0.39, 0.29) is 36.9 Å². The van der Waals surface area contributed by atoms with E-state index in [1.807, 2.05) is 12.2 Å². The van der Waals surface area contributed by atoms with Gasteiger partial charge in [0.25, 0.3) is 0 Å². The number of halogens is 4. The highest BCUT2D eigenvalue weighted by molar-refractivity contribution is 5.35. The Bertz CT molecular complexity index is 1190. The second kappa shape index (κ2) is 20.1. The Morgan fingerprint density at radius 1 is 0.527 bits per heavy atom. The van der Waals surface area contributed by atoms with Gasteiger partial charge in [0.15, 0.2) is 11.3 Å². The number of alkyl halides is 2. The number of rotatable bonds is 18. The molecule has 4 atom stereocenters. The molecule has 6 aliphatic rings. The predicted octanol–water partition coefficient (Wildman–Crippen LogP) is 16.0. The Morgan fingerprint density at radius 2 is 0.909 bits per heavy atom. The molecule has 312 valence electrons. The largest absolute Gasteiger partial charge is 0.380 e. The summed E-state index contributed by atoms with van der Waals surface area (Å²) in [4.78, 5) is 0. The van der Waals surface area contributed by atoms with E-state index in [4.69, 9.17) is 4.74 Å². The molecule has 6 aliphatic carbocycles. The van der Waals surface area contributed by atoms with Crippen LogP contribution in [0.15, 0.2) is 48.1 Å². The first-order chi connectivity index (χ1) is 26.7. The van der Waals surface area contributed by atoms with Gasteiger partial charge in [-0.2, -0.15) is 0 Å². The molecule has 6 rings (SSSR count). The standard InChI is InChI=1S/C50H78F4O/c1-3-5-7-11-17-39-19-23-43(24-20-39)47(29-13-9-14-30-47)49(53)33-27-41(35-45(49)51)37-55-38-42-28-34-50(54,46(52)36-42)48(31-15-10-16-32-48)44-25-21-40(22-26-44)18-12-8-6-4-2/h27-28,33-36,39-44H,3-26,29-32,37-38H2,1-2H3/t39-,40-,41-,42-,43-,44-,49-,50-/m1/s1. The van der Waals surface area contributed by atoms with Gasteiger partial charge in [0.1, 0.15) is 11.7 Å². The van der Waals surface area contributed by atoms with Gasteiger partial charge in [0, 0.05) is 22.7 Å². The molecule has 0 saturated heterocycles. The molecule has 1 nitrogen and oxygen atoms in total. The molecule has 0 aromatic rings. The summed E-state index contributed by atoms with van der Waals surface area (Å²) in [6.45, 7) is 4.90. The van der Waals surface area contributed by atoms with Gasteiger partial charge in [-0.1, -0.05) is 154 Å². The van der Waals surface area contributed by atoms with E-state index < -0.39 is 33.8 Å². The Hall–Kier alpha value is -1.36. The maximum atomic E-state index is 17.3. The molecule has 0 radical (unpaired) electrons. The smallest absolute Gasteiger partial charge is 0.185 e. The number of ether oxygens (including phenoxy) is 1. The van der Waals surface area contributed by atoms with Crippen molar-refractivity contribution in [1.29, 1.82) is 0 Å². The third-order valence-electron chi connectivity index (χ3n) is 16.3. The van der Waals surface area contributed by atoms with Crippen LogP contribution >= 0.6 is 0 Å². The van der Waals surface area contributed by atoms with Gasteiger partial charge in [-0.25, -0.2) is 17.6 Å². The van der Waals surface area contributed by atoms with Crippen molar-refractivity contribution in [1.82, 2.24) is 0 Å². The van der Waals surface area contributed by atoms with Crippen molar-refractivity contribution < 1.29 is 22.3 Å². The van der Waals surface area contributed by atoms with Crippen molar-refractivity contribution in [3.63, 3.8) is 0 Å². The van der Waals surface area contributed by atoms with E-state index in [1.165, 1.54) is 76.4 Å². The third-order valence-corrected chi connectivity index (χ3v) is 16.3. The highest BCUT2D eigenvalue weighted by atomic mass is 19.2. The van der Waals surface area contributed by atoms with E-state index >= 15 is 17.6 Å². The maximum absolute atomic E-state index is 17.3. The van der Waals surface area contributed by atoms with Crippen LogP contribution in [0.2, 0.25) is 0 Å². The fraction of sp³-hybridized carbons (Fsp3) is 0.840. The van der Waals surface area contributed by atoms with Crippen molar-refractivity contribution in [2.45, 2.75) is 205 Å². The van der Waals surface area contributed by atoms with Crippen LogP contribution in [0.1, 0.15) is 194 Å². The molecule has 0 aromatic carbocycles. The molecule has 4 fully saturated rings. The first-order valence-corrected chi connectivity index (χ1v) is 23.8. The molecule has 0 aliphatic heterocycles. The lowest BCUT2D eigenvalue weighted by atomic mass is 9.53. The summed E-state index contributed by atoms with van der Waals surface area (Å²) in [6, 6.07) is 0. The SMILES string of the molecule is CCCCCC[C@H]1CC[C@H](C2([C@@]3(F)C=C[C@@H](COC[C@@H]4C=C[C@](F)(C5([C@H]6CC[C@H](CCCCCC)CC6)CCCCC5)C(F)=C4)C=C3F)CCCCC2)CC1. The highest BCUT2D eigenvalue weighted by Crippen LogP contribution is 2.62. The van der Waals surface area contributed by atoms with E-state index in [9.17, 15) is 0 Å². The van der Waals surface area contributed by atoms with Crippen LogP contribution in [0, 0.1) is 46.3 Å². The second-order valence-electron chi connectivity index (χ2n) is 19.6.